The number of ether oxygens (including phenoxy) is 1. The second-order valence-electron chi connectivity index (χ2n) is 6.29. The number of rotatable bonds is 4. The van der Waals surface area contributed by atoms with Gasteiger partial charge in [0.15, 0.2) is 0 Å². The summed E-state index contributed by atoms with van der Waals surface area (Å²) in [4.78, 5) is 0. The number of hydrogen-bond acceptors (Lipinski definition) is 4. The van der Waals surface area contributed by atoms with E-state index >= 15 is 0 Å². The molecule has 2 aromatic rings. The average molecular weight is 367 g/mol. The lowest BCUT2D eigenvalue weighted by molar-refractivity contribution is -0.181. The second-order valence-corrected chi connectivity index (χ2v) is 6.70. The first kappa shape index (κ1) is 18.3. The van der Waals surface area contributed by atoms with E-state index in [1.54, 1.807) is 24.3 Å². The normalized spacial score (nSPS) is 26.6. The quantitative estimate of drug-likeness (QED) is 0.778. The van der Waals surface area contributed by atoms with Gasteiger partial charge in [-0.05, 0) is 41.3 Å². The topological polar surface area (TPSA) is 69.9 Å². The molecule has 1 aliphatic rings. The van der Waals surface area contributed by atoms with Crippen LogP contribution in [0.1, 0.15) is 29.2 Å². The summed E-state index contributed by atoms with van der Waals surface area (Å²) in [5, 5.41) is 29.7. The van der Waals surface area contributed by atoms with Gasteiger partial charge in [0.1, 0.15) is 18.0 Å². The Morgan fingerprint density at radius 1 is 1.12 bits per heavy atom. The van der Waals surface area contributed by atoms with Crippen LogP contribution in [0.2, 0.25) is 5.02 Å². The van der Waals surface area contributed by atoms with Gasteiger partial charge >= 0.3 is 0 Å². The summed E-state index contributed by atoms with van der Waals surface area (Å²) in [6, 6.07) is 11.7. The van der Waals surface area contributed by atoms with Gasteiger partial charge in [0, 0.05) is 11.4 Å². The molecule has 3 unspecified atom stereocenters. The molecular formula is C19H20ClFO4. The SMILES string of the molecule is OCC1OC(c2ccc(Cl)c(Cc3ccc(F)cc3)c2)CC(O)[C@@H]1O. The maximum atomic E-state index is 13.0. The Morgan fingerprint density at radius 3 is 2.52 bits per heavy atom. The van der Waals surface area contributed by atoms with Crippen molar-refractivity contribution in [2.45, 2.75) is 37.3 Å². The fourth-order valence-electron chi connectivity index (χ4n) is 3.07. The van der Waals surface area contributed by atoms with Gasteiger partial charge in [-0.1, -0.05) is 35.9 Å². The van der Waals surface area contributed by atoms with E-state index in [-0.39, 0.29) is 18.8 Å². The number of halogens is 2. The Hall–Kier alpha value is -1.50. The molecule has 25 heavy (non-hydrogen) atoms. The number of aliphatic hydroxyl groups is 3. The van der Waals surface area contributed by atoms with Crippen LogP contribution >= 0.6 is 11.6 Å². The van der Waals surface area contributed by atoms with Gasteiger partial charge in [-0.3, -0.25) is 0 Å². The lowest BCUT2D eigenvalue weighted by Gasteiger charge is -2.36. The van der Waals surface area contributed by atoms with Gasteiger partial charge in [0.05, 0.1) is 18.8 Å². The first-order valence-electron chi connectivity index (χ1n) is 8.13. The van der Waals surface area contributed by atoms with E-state index in [4.69, 9.17) is 16.3 Å². The molecule has 3 N–H and O–H groups in total. The zero-order valence-electron chi connectivity index (χ0n) is 13.5. The van der Waals surface area contributed by atoms with E-state index in [2.05, 4.69) is 0 Å². The third kappa shape index (κ3) is 4.19. The minimum absolute atomic E-state index is 0.231. The van der Waals surface area contributed by atoms with Crippen LogP contribution in [0.3, 0.4) is 0 Å². The molecule has 0 amide bonds. The van der Waals surface area contributed by atoms with Crippen molar-refractivity contribution in [2.75, 3.05) is 6.61 Å². The van der Waals surface area contributed by atoms with Gasteiger partial charge in [0.2, 0.25) is 0 Å². The van der Waals surface area contributed by atoms with Crippen molar-refractivity contribution in [3.63, 3.8) is 0 Å². The molecular weight excluding hydrogens is 347 g/mol. The zero-order valence-corrected chi connectivity index (χ0v) is 14.2. The molecule has 0 saturated carbocycles. The molecule has 0 aromatic heterocycles. The Kier molecular flexibility index (Phi) is 5.71. The monoisotopic (exact) mass is 366 g/mol. The summed E-state index contributed by atoms with van der Waals surface area (Å²) in [6.45, 7) is -0.370. The molecule has 3 rings (SSSR count). The molecule has 0 spiro atoms. The van der Waals surface area contributed by atoms with Crippen LogP contribution in [-0.2, 0) is 11.2 Å². The molecule has 1 saturated heterocycles. The predicted octanol–water partition coefficient (Wildman–Crippen LogP) is 2.61. The molecule has 4 atom stereocenters. The van der Waals surface area contributed by atoms with Crippen molar-refractivity contribution in [2.24, 2.45) is 0 Å². The van der Waals surface area contributed by atoms with E-state index < -0.39 is 24.4 Å². The molecule has 1 aliphatic heterocycles. The summed E-state index contributed by atoms with van der Waals surface area (Å²) in [6.07, 6.45) is -2.58. The number of aliphatic hydroxyl groups excluding tert-OH is 3. The fourth-order valence-corrected chi connectivity index (χ4v) is 3.26. The van der Waals surface area contributed by atoms with E-state index in [1.165, 1.54) is 12.1 Å². The van der Waals surface area contributed by atoms with Crippen molar-refractivity contribution in [3.05, 3.63) is 70.0 Å². The van der Waals surface area contributed by atoms with Crippen LogP contribution in [0, 0.1) is 5.82 Å². The lowest BCUT2D eigenvalue weighted by Crippen LogP contribution is -2.47. The van der Waals surface area contributed by atoms with Crippen molar-refractivity contribution in [3.8, 4) is 0 Å². The van der Waals surface area contributed by atoms with Crippen molar-refractivity contribution in [1.29, 1.82) is 0 Å². The van der Waals surface area contributed by atoms with Crippen LogP contribution in [0.15, 0.2) is 42.5 Å². The second kappa shape index (κ2) is 7.81. The molecule has 2 aromatic carbocycles. The van der Waals surface area contributed by atoms with Crippen LogP contribution in [-0.4, -0.2) is 40.2 Å². The summed E-state index contributed by atoms with van der Waals surface area (Å²) >= 11 is 6.28. The molecule has 0 radical (unpaired) electrons. The van der Waals surface area contributed by atoms with Gasteiger partial charge in [0.25, 0.3) is 0 Å². The van der Waals surface area contributed by atoms with E-state index in [0.717, 1.165) is 16.7 Å². The number of benzene rings is 2. The van der Waals surface area contributed by atoms with Crippen LogP contribution < -0.4 is 0 Å². The van der Waals surface area contributed by atoms with Gasteiger partial charge in [-0.2, -0.15) is 0 Å². The largest absolute Gasteiger partial charge is 0.394 e. The minimum atomic E-state index is -1.10. The Labute approximate surface area is 150 Å². The average Bonchev–Trinajstić information content (AvgIpc) is 2.61. The highest BCUT2D eigenvalue weighted by Crippen LogP contribution is 2.34. The van der Waals surface area contributed by atoms with Crippen molar-refractivity contribution >= 4 is 11.6 Å². The third-order valence-corrected chi connectivity index (χ3v) is 4.87. The molecule has 0 bridgehead atoms. The third-order valence-electron chi connectivity index (χ3n) is 4.50. The Bertz CT molecular complexity index is 722. The van der Waals surface area contributed by atoms with Crippen LogP contribution in [0.5, 0.6) is 0 Å². The number of hydrogen-bond donors (Lipinski definition) is 3. The highest BCUT2D eigenvalue weighted by Gasteiger charge is 2.36. The Balaban J connectivity index is 1.82. The first-order valence-corrected chi connectivity index (χ1v) is 8.51. The van der Waals surface area contributed by atoms with Crippen LogP contribution in [0.4, 0.5) is 4.39 Å². The lowest BCUT2D eigenvalue weighted by atomic mass is 9.92. The standard InChI is InChI=1S/C19H20ClFO4/c20-15-6-3-12(17-9-16(23)19(24)18(10-22)25-17)8-13(15)7-11-1-4-14(21)5-2-11/h1-6,8,16-19,22-24H,7,9-10H2/t16?,17?,18?,19-/m0/s1. The molecule has 4 nitrogen and oxygen atoms in total. The highest BCUT2D eigenvalue weighted by molar-refractivity contribution is 6.31. The maximum absolute atomic E-state index is 13.0. The zero-order chi connectivity index (χ0) is 18.0. The fraction of sp³-hybridized carbons (Fsp3) is 0.368. The van der Waals surface area contributed by atoms with Gasteiger partial charge in [-0.15, -0.1) is 0 Å². The maximum Gasteiger partial charge on any atom is 0.123 e. The van der Waals surface area contributed by atoms with Crippen molar-refractivity contribution in [1.82, 2.24) is 0 Å². The molecule has 0 aliphatic carbocycles. The summed E-state index contributed by atoms with van der Waals surface area (Å²) in [5.41, 5.74) is 2.59. The first-order chi connectivity index (χ1) is 12.0. The Morgan fingerprint density at radius 2 is 1.84 bits per heavy atom. The minimum Gasteiger partial charge on any atom is -0.394 e. The smallest absolute Gasteiger partial charge is 0.123 e. The van der Waals surface area contributed by atoms with Crippen molar-refractivity contribution < 1.29 is 24.4 Å². The summed E-state index contributed by atoms with van der Waals surface area (Å²) in [7, 11) is 0. The summed E-state index contributed by atoms with van der Waals surface area (Å²) < 4.78 is 18.8. The van der Waals surface area contributed by atoms with E-state index in [9.17, 15) is 19.7 Å². The van der Waals surface area contributed by atoms with E-state index in [1.807, 2.05) is 6.07 Å². The summed E-state index contributed by atoms with van der Waals surface area (Å²) in [5.74, 6) is -0.290. The van der Waals surface area contributed by atoms with E-state index in [0.29, 0.717) is 11.4 Å². The molecule has 1 fully saturated rings. The van der Waals surface area contributed by atoms with Gasteiger partial charge < -0.3 is 20.1 Å². The molecule has 1 heterocycles. The highest BCUT2D eigenvalue weighted by atomic mass is 35.5. The van der Waals surface area contributed by atoms with Gasteiger partial charge in [-0.25, -0.2) is 4.39 Å². The molecule has 134 valence electrons. The van der Waals surface area contributed by atoms with Crippen LogP contribution in [0.25, 0.3) is 0 Å². The molecule has 6 heteroatoms. The predicted molar refractivity (Wildman–Crippen MR) is 92.0 cm³/mol.